The van der Waals surface area contributed by atoms with E-state index in [1.165, 1.54) is 24.3 Å². The Morgan fingerprint density at radius 1 is 1.05 bits per heavy atom. The molecule has 0 aliphatic rings. The van der Waals surface area contributed by atoms with E-state index in [1.54, 1.807) is 19.1 Å². The van der Waals surface area contributed by atoms with Crippen LogP contribution in [0.2, 0.25) is 0 Å². The molecule has 0 spiro atoms. The van der Waals surface area contributed by atoms with Crippen molar-refractivity contribution in [2.75, 3.05) is 0 Å². The molecule has 0 bridgehead atoms. The number of rotatable bonds is 3. The lowest BCUT2D eigenvalue weighted by Crippen LogP contribution is -2.10. The molecule has 0 unspecified atom stereocenters. The molecule has 0 heterocycles. The summed E-state index contributed by atoms with van der Waals surface area (Å²) < 4.78 is 29.5. The Morgan fingerprint density at radius 3 is 2.30 bits per heavy atom. The van der Waals surface area contributed by atoms with Crippen LogP contribution in [0.1, 0.15) is 16.7 Å². The lowest BCUT2D eigenvalue weighted by atomic mass is 10.1. The molecule has 0 atom stereocenters. The van der Waals surface area contributed by atoms with E-state index in [0.717, 1.165) is 11.1 Å². The van der Waals surface area contributed by atoms with Crippen LogP contribution in [-0.2, 0) is 10.1 Å². The van der Waals surface area contributed by atoms with Crippen molar-refractivity contribution in [1.82, 2.24) is 0 Å². The van der Waals surface area contributed by atoms with Gasteiger partial charge in [-0.05, 0) is 55.3 Å². The van der Waals surface area contributed by atoms with Crippen molar-refractivity contribution in [3.8, 4) is 11.8 Å². The van der Waals surface area contributed by atoms with Gasteiger partial charge in [0.1, 0.15) is 10.6 Å². The zero-order valence-electron chi connectivity index (χ0n) is 11.1. The standard InChI is InChI=1S/C15H13NO3S/c1-11-3-4-12(2)15(9-11)19-20(17,18)14-7-5-13(10-16)6-8-14/h3-9H,1-2H3. The lowest BCUT2D eigenvalue weighted by Gasteiger charge is -2.10. The van der Waals surface area contributed by atoms with Gasteiger partial charge in [-0.2, -0.15) is 13.7 Å². The number of hydrogen-bond acceptors (Lipinski definition) is 4. The largest absolute Gasteiger partial charge is 0.379 e. The van der Waals surface area contributed by atoms with Gasteiger partial charge in [-0.3, -0.25) is 0 Å². The summed E-state index contributed by atoms with van der Waals surface area (Å²) in [7, 11) is -3.89. The van der Waals surface area contributed by atoms with Gasteiger partial charge in [0.25, 0.3) is 0 Å². The van der Waals surface area contributed by atoms with Gasteiger partial charge in [-0.15, -0.1) is 0 Å². The van der Waals surface area contributed by atoms with E-state index in [-0.39, 0.29) is 4.90 Å². The molecule has 0 aliphatic carbocycles. The van der Waals surface area contributed by atoms with Gasteiger partial charge in [0, 0.05) is 0 Å². The fraction of sp³-hybridized carbons (Fsp3) is 0.133. The minimum atomic E-state index is -3.89. The van der Waals surface area contributed by atoms with Crippen LogP contribution in [0.5, 0.6) is 5.75 Å². The molecule has 0 radical (unpaired) electrons. The second-order valence-corrected chi connectivity index (χ2v) is 5.99. The van der Waals surface area contributed by atoms with Gasteiger partial charge in [0.05, 0.1) is 11.6 Å². The molecule has 0 amide bonds. The normalized spacial score (nSPS) is 10.8. The molecule has 0 aliphatic heterocycles. The zero-order chi connectivity index (χ0) is 14.8. The monoisotopic (exact) mass is 287 g/mol. The van der Waals surface area contributed by atoms with Crippen molar-refractivity contribution >= 4 is 10.1 Å². The summed E-state index contributed by atoms with van der Waals surface area (Å²) in [5.74, 6) is 0.314. The van der Waals surface area contributed by atoms with Crippen LogP contribution in [0.3, 0.4) is 0 Å². The van der Waals surface area contributed by atoms with E-state index in [2.05, 4.69) is 0 Å². The highest BCUT2D eigenvalue weighted by molar-refractivity contribution is 7.87. The van der Waals surface area contributed by atoms with E-state index in [4.69, 9.17) is 9.44 Å². The highest BCUT2D eigenvalue weighted by Gasteiger charge is 2.17. The van der Waals surface area contributed by atoms with Gasteiger partial charge in [0.2, 0.25) is 0 Å². The summed E-state index contributed by atoms with van der Waals surface area (Å²) >= 11 is 0. The van der Waals surface area contributed by atoms with Crippen molar-refractivity contribution in [1.29, 1.82) is 5.26 Å². The van der Waals surface area contributed by atoms with Crippen LogP contribution >= 0.6 is 0 Å². The van der Waals surface area contributed by atoms with Crippen molar-refractivity contribution in [3.63, 3.8) is 0 Å². The first-order valence-corrected chi connectivity index (χ1v) is 7.35. The first kappa shape index (κ1) is 14.1. The summed E-state index contributed by atoms with van der Waals surface area (Å²) in [6, 6.07) is 12.9. The topological polar surface area (TPSA) is 67.2 Å². The second kappa shape index (κ2) is 5.35. The van der Waals surface area contributed by atoms with Crippen molar-refractivity contribution in [2.45, 2.75) is 18.7 Å². The molecule has 0 N–H and O–H groups in total. The second-order valence-electron chi connectivity index (χ2n) is 4.44. The minimum absolute atomic E-state index is 0.0254. The summed E-state index contributed by atoms with van der Waals surface area (Å²) in [4.78, 5) is 0.0254. The maximum absolute atomic E-state index is 12.2. The highest BCUT2D eigenvalue weighted by atomic mass is 32.2. The lowest BCUT2D eigenvalue weighted by molar-refractivity contribution is 0.484. The molecular formula is C15H13NO3S. The van der Waals surface area contributed by atoms with Crippen LogP contribution in [0.4, 0.5) is 0 Å². The Labute approximate surface area is 118 Å². The molecule has 2 rings (SSSR count). The van der Waals surface area contributed by atoms with Crippen LogP contribution in [0.15, 0.2) is 47.4 Å². The SMILES string of the molecule is Cc1ccc(C)c(OS(=O)(=O)c2ccc(C#N)cc2)c1. The number of nitrogens with zero attached hydrogens (tertiary/aromatic N) is 1. The molecule has 2 aromatic rings. The third-order valence-corrected chi connectivity index (χ3v) is 4.06. The van der Waals surface area contributed by atoms with Gasteiger partial charge < -0.3 is 4.18 Å². The van der Waals surface area contributed by atoms with E-state index in [9.17, 15) is 8.42 Å². The Balaban J connectivity index is 2.35. The zero-order valence-corrected chi connectivity index (χ0v) is 11.9. The number of hydrogen-bond donors (Lipinski definition) is 0. The van der Waals surface area contributed by atoms with Crippen molar-refractivity contribution < 1.29 is 12.6 Å². The maximum Gasteiger partial charge on any atom is 0.339 e. The predicted octanol–water partition coefficient (Wildman–Crippen LogP) is 2.94. The third kappa shape index (κ3) is 2.98. The molecule has 0 aromatic heterocycles. The number of benzene rings is 2. The Kier molecular flexibility index (Phi) is 3.77. The quantitative estimate of drug-likeness (QED) is 0.814. The molecule has 0 fully saturated rings. The van der Waals surface area contributed by atoms with Gasteiger partial charge in [0.15, 0.2) is 0 Å². The molecule has 0 saturated heterocycles. The third-order valence-electron chi connectivity index (χ3n) is 2.82. The Morgan fingerprint density at radius 2 is 1.70 bits per heavy atom. The number of aryl methyl sites for hydroxylation is 2. The summed E-state index contributed by atoms with van der Waals surface area (Å²) in [6.07, 6.45) is 0. The van der Waals surface area contributed by atoms with Crippen molar-refractivity contribution in [3.05, 3.63) is 59.2 Å². The average molecular weight is 287 g/mol. The van der Waals surface area contributed by atoms with Gasteiger partial charge in [-0.25, -0.2) is 0 Å². The summed E-state index contributed by atoms with van der Waals surface area (Å²) in [6.45, 7) is 3.64. The molecule has 2 aromatic carbocycles. The van der Waals surface area contributed by atoms with Crippen LogP contribution < -0.4 is 4.18 Å². The molecule has 5 heteroatoms. The summed E-state index contributed by atoms with van der Waals surface area (Å²) in [5, 5.41) is 8.70. The average Bonchev–Trinajstić information content (AvgIpc) is 2.43. The highest BCUT2D eigenvalue weighted by Crippen LogP contribution is 2.23. The minimum Gasteiger partial charge on any atom is -0.379 e. The molecular weight excluding hydrogens is 274 g/mol. The Hall–Kier alpha value is -2.32. The smallest absolute Gasteiger partial charge is 0.339 e. The summed E-state index contributed by atoms with van der Waals surface area (Å²) in [5.41, 5.74) is 2.06. The van der Waals surface area contributed by atoms with Crippen LogP contribution in [-0.4, -0.2) is 8.42 Å². The molecule has 102 valence electrons. The van der Waals surface area contributed by atoms with Gasteiger partial charge >= 0.3 is 10.1 Å². The van der Waals surface area contributed by atoms with E-state index >= 15 is 0 Å². The molecule has 4 nitrogen and oxygen atoms in total. The predicted molar refractivity (Wildman–Crippen MR) is 74.9 cm³/mol. The van der Waals surface area contributed by atoms with Crippen LogP contribution in [0.25, 0.3) is 0 Å². The number of nitriles is 1. The van der Waals surface area contributed by atoms with Crippen LogP contribution in [0, 0.1) is 25.2 Å². The Bertz CT molecular complexity index is 772. The van der Waals surface area contributed by atoms with Crippen molar-refractivity contribution in [2.24, 2.45) is 0 Å². The molecule has 0 saturated carbocycles. The fourth-order valence-corrected chi connectivity index (χ4v) is 2.64. The van der Waals surface area contributed by atoms with Gasteiger partial charge in [-0.1, -0.05) is 12.1 Å². The first-order chi connectivity index (χ1) is 9.42. The van der Waals surface area contributed by atoms with E-state index in [1.807, 2.05) is 19.1 Å². The van der Waals surface area contributed by atoms with E-state index < -0.39 is 10.1 Å². The van der Waals surface area contributed by atoms with E-state index in [0.29, 0.717) is 11.3 Å². The fourth-order valence-electron chi connectivity index (χ4n) is 1.66. The maximum atomic E-state index is 12.2. The first-order valence-electron chi connectivity index (χ1n) is 5.94. The molecule has 20 heavy (non-hydrogen) atoms.